The minimum Gasteiger partial charge on any atom is -0.464 e. The number of aryl methyl sites for hydroxylation is 1. The molecule has 2 aromatic rings. The van der Waals surface area contributed by atoms with Gasteiger partial charge < -0.3 is 15.8 Å². The van der Waals surface area contributed by atoms with Crippen LogP contribution in [0.25, 0.3) is 0 Å². The lowest BCUT2D eigenvalue weighted by molar-refractivity contribution is 0.312. The molecule has 7 heteroatoms. The molecule has 3 N–H and O–H groups in total. The van der Waals surface area contributed by atoms with Crippen molar-refractivity contribution in [1.82, 2.24) is 19.9 Å². The molecule has 0 aliphatic rings. The van der Waals surface area contributed by atoms with Crippen molar-refractivity contribution < 1.29 is 4.74 Å². The van der Waals surface area contributed by atoms with Crippen LogP contribution < -0.4 is 15.8 Å². The number of nitrogens with one attached hydrogen (secondary N) is 1. The van der Waals surface area contributed by atoms with E-state index < -0.39 is 0 Å². The van der Waals surface area contributed by atoms with Gasteiger partial charge in [0, 0.05) is 6.20 Å². The zero-order valence-corrected chi connectivity index (χ0v) is 11.6. The molecule has 0 amide bonds. The molecule has 2 aromatic heterocycles. The van der Waals surface area contributed by atoms with Crippen molar-refractivity contribution >= 4 is 11.9 Å². The summed E-state index contributed by atoms with van der Waals surface area (Å²) in [7, 11) is 0. The van der Waals surface area contributed by atoms with E-state index in [0.29, 0.717) is 19.1 Å². The first-order valence-electron chi connectivity index (χ1n) is 6.54. The highest BCUT2D eigenvalue weighted by molar-refractivity contribution is 5.34. The lowest BCUT2D eigenvalue weighted by Gasteiger charge is -2.09. The normalized spacial score (nSPS) is 10.3. The van der Waals surface area contributed by atoms with Crippen LogP contribution in [0.4, 0.5) is 11.9 Å². The van der Waals surface area contributed by atoms with E-state index in [2.05, 4.69) is 38.2 Å². The summed E-state index contributed by atoms with van der Waals surface area (Å²) < 4.78 is 5.23. The Labute approximate surface area is 117 Å². The summed E-state index contributed by atoms with van der Waals surface area (Å²) in [6.07, 6.45) is 2.69. The number of aromatic nitrogens is 4. The molecule has 0 fully saturated rings. The van der Waals surface area contributed by atoms with Crippen molar-refractivity contribution in [3.05, 3.63) is 29.6 Å². The number of anilines is 2. The monoisotopic (exact) mass is 274 g/mol. The maximum Gasteiger partial charge on any atom is 0.323 e. The first kappa shape index (κ1) is 14.0. The Hall–Kier alpha value is -2.44. The first-order valence-corrected chi connectivity index (χ1v) is 6.54. The van der Waals surface area contributed by atoms with Gasteiger partial charge in [-0.25, -0.2) is 0 Å². The van der Waals surface area contributed by atoms with E-state index in [1.54, 1.807) is 6.20 Å². The Bertz CT molecular complexity index is 575. The van der Waals surface area contributed by atoms with E-state index in [4.69, 9.17) is 10.5 Å². The predicted octanol–water partition coefficient (Wildman–Crippen LogP) is 1.42. The minimum absolute atomic E-state index is 0.127. The van der Waals surface area contributed by atoms with Gasteiger partial charge in [-0.1, -0.05) is 13.0 Å². The Morgan fingerprint density at radius 1 is 1.25 bits per heavy atom. The van der Waals surface area contributed by atoms with E-state index in [1.165, 1.54) is 5.56 Å². The summed E-state index contributed by atoms with van der Waals surface area (Å²) in [5.74, 6) is 0.511. The average Bonchev–Trinajstić information content (AvgIpc) is 2.45. The van der Waals surface area contributed by atoms with Crippen LogP contribution in [0.3, 0.4) is 0 Å². The summed E-state index contributed by atoms with van der Waals surface area (Å²) in [6.45, 7) is 4.95. The molecule has 0 aliphatic heterocycles. The number of hydrogen-bond acceptors (Lipinski definition) is 7. The fourth-order valence-electron chi connectivity index (χ4n) is 1.76. The van der Waals surface area contributed by atoms with Crippen LogP contribution in [0.5, 0.6) is 6.01 Å². The molecule has 0 saturated heterocycles. The molecule has 2 rings (SSSR count). The Kier molecular flexibility index (Phi) is 4.65. The minimum atomic E-state index is 0.127. The van der Waals surface area contributed by atoms with Crippen LogP contribution in [0, 0.1) is 0 Å². The van der Waals surface area contributed by atoms with Gasteiger partial charge in [-0.3, -0.25) is 4.98 Å². The maximum atomic E-state index is 5.62. The van der Waals surface area contributed by atoms with Gasteiger partial charge in [-0.15, -0.1) is 0 Å². The Morgan fingerprint density at radius 2 is 2.10 bits per heavy atom. The van der Waals surface area contributed by atoms with E-state index in [1.807, 2.05) is 13.0 Å². The highest BCUT2D eigenvalue weighted by atomic mass is 16.5. The van der Waals surface area contributed by atoms with Gasteiger partial charge in [0.2, 0.25) is 11.9 Å². The van der Waals surface area contributed by atoms with Gasteiger partial charge >= 0.3 is 6.01 Å². The third-order valence-electron chi connectivity index (χ3n) is 2.68. The second-order valence-corrected chi connectivity index (χ2v) is 4.05. The van der Waals surface area contributed by atoms with Gasteiger partial charge in [-0.2, -0.15) is 15.0 Å². The van der Waals surface area contributed by atoms with Crippen molar-refractivity contribution in [2.24, 2.45) is 0 Å². The molecule has 0 spiro atoms. The Balaban J connectivity index is 2.10. The summed E-state index contributed by atoms with van der Waals surface area (Å²) >= 11 is 0. The van der Waals surface area contributed by atoms with E-state index >= 15 is 0 Å². The molecular weight excluding hydrogens is 256 g/mol. The largest absolute Gasteiger partial charge is 0.464 e. The third kappa shape index (κ3) is 3.53. The second kappa shape index (κ2) is 6.65. The molecule has 0 aromatic carbocycles. The van der Waals surface area contributed by atoms with Crippen molar-refractivity contribution in [2.75, 3.05) is 17.7 Å². The van der Waals surface area contributed by atoms with Crippen LogP contribution in [0.15, 0.2) is 18.3 Å². The molecule has 0 radical (unpaired) electrons. The van der Waals surface area contributed by atoms with E-state index in [-0.39, 0.29) is 12.0 Å². The van der Waals surface area contributed by atoms with Gasteiger partial charge in [0.25, 0.3) is 0 Å². The molecule has 7 nitrogen and oxygen atoms in total. The standard InChI is InChI=1S/C13H18N6O/c1-3-9-6-5-7-15-10(9)8-16-12-17-11(14)18-13(19-12)20-4-2/h5-7H,3-4,8H2,1-2H3,(H3,14,16,17,18,19). The fraction of sp³-hybridized carbons (Fsp3) is 0.385. The molecule has 106 valence electrons. The molecule has 2 heterocycles. The molecule has 0 atom stereocenters. The van der Waals surface area contributed by atoms with Crippen LogP contribution in [0.1, 0.15) is 25.1 Å². The van der Waals surface area contributed by atoms with Crippen LogP contribution >= 0.6 is 0 Å². The lowest BCUT2D eigenvalue weighted by Crippen LogP contribution is -2.11. The highest BCUT2D eigenvalue weighted by Crippen LogP contribution is 2.11. The Morgan fingerprint density at radius 3 is 2.85 bits per heavy atom. The highest BCUT2D eigenvalue weighted by Gasteiger charge is 2.06. The number of pyridine rings is 1. The number of nitrogens with two attached hydrogens (primary N) is 1. The topological polar surface area (TPSA) is 98.8 Å². The maximum absolute atomic E-state index is 5.62. The predicted molar refractivity (Wildman–Crippen MR) is 76.4 cm³/mol. The quantitative estimate of drug-likeness (QED) is 0.821. The summed E-state index contributed by atoms with van der Waals surface area (Å²) in [5, 5.41) is 3.09. The number of hydrogen-bond donors (Lipinski definition) is 2. The molecule has 0 unspecified atom stereocenters. The zero-order chi connectivity index (χ0) is 14.4. The smallest absolute Gasteiger partial charge is 0.323 e. The van der Waals surface area contributed by atoms with E-state index in [9.17, 15) is 0 Å². The molecule has 0 bridgehead atoms. The zero-order valence-electron chi connectivity index (χ0n) is 11.6. The number of ether oxygens (including phenoxy) is 1. The van der Waals surface area contributed by atoms with Gasteiger partial charge in [0.1, 0.15) is 0 Å². The SMILES string of the molecule is CCOc1nc(N)nc(NCc2ncccc2CC)n1. The molecule has 0 aliphatic carbocycles. The van der Waals surface area contributed by atoms with Gasteiger partial charge in [0.15, 0.2) is 0 Å². The fourth-order valence-corrected chi connectivity index (χ4v) is 1.76. The number of rotatable bonds is 6. The molecule has 20 heavy (non-hydrogen) atoms. The first-order chi connectivity index (χ1) is 9.72. The third-order valence-corrected chi connectivity index (χ3v) is 2.68. The van der Waals surface area contributed by atoms with Crippen molar-refractivity contribution in [2.45, 2.75) is 26.8 Å². The molecule has 0 saturated carbocycles. The summed E-state index contributed by atoms with van der Waals surface area (Å²) in [6, 6.07) is 4.20. The van der Waals surface area contributed by atoms with E-state index in [0.717, 1.165) is 12.1 Å². The number of nitrogens with zero attached hydrogens (tertiary/aromatic N) is 4. The van der Waals surface area contributed by atoms with Crippen molar-refractivity contribution in [3.8, 4) is 6.01 Å². The summed E-state index contributed by atoms with van der Waals surface area (Å²) in [4.78, 5) is 16.4. The summed E-state index contributed by atoms with van der Waals surface area (Å²) in [5.41, 5.74) is 7.77. The van der Waals surface area contributed by atoms with Crippen molar-refractivity contribution in [1.29, 1.82) is 0 Å². The van der Waals surface area contributed by atoms with Crippen LogP contribution in [0.2, 0.25) is 0 Å². The number of nitrogen functional groups attached to an aromatic ring is 1. The van der Waals surface area contributed by atoms with Gasteiger partial charge in [-0.05, 0) is 25.0 Å². The average molecular weight is 274 g/mol. The second-order valence-electron chi connectivity index (χ2n) is 4.05. The van der Waals surface area contributed by atoms with Crippen molar-refractivity contribution in [3.63, 3.8) is 0 Å². The van der Waals surface area contributed by atoms with Crippen LogP contribution in [-0.4, -0.2) is 26.5 Å². The van der Waals surface area contributed by atoms with Crippen LogP contribution in [-0.2, 0) is 13.0 Å². The molecular formula is C13H18N6O. The lowest BCUT2D eigenvalue weighted by atomic mass is 10.1. The van der Waals surface area contributed by atoms with Gasteiger partial charge in [0.05, 0.1) is 18.8 Å².